The van der Waals surface area contributed by atoms with Crippen LogP contribution in [0, 0.1) is 0 Å². The summed E-state index contributed by atoms with van der Waals surface area (Å²) in [4.78, 5) is 25.3. The lowest BCUT2D eigenvalue weighted by atomic mass is 10.1. The van der Waals surface area contributed by atoms with Crippen LogP contribution in [-0.4, -0.2) is 37.8 Å². The lowest BCUT2D eigenvalue weighted by molar-refractivity contribution is 0.0945. The van der Waals surface area contributed by atoms with Gasteiger partial charge in [-0.2, -0.15) is 0 Å². The molecule has 3 rings (SSSR count). The predicted octanol–water partition coefficient (Wildman–Crippen LogP) is 0.941. The van der Waals surface area contributed by atoms with Gasteiger partial charge in [0.1, 0.15) is 17.1 Å². The van der Waals surface area contributed by atoms with Crippen molar-refractivity contribution in [3.63, 3.8) is 0 Å². The van der Waals surface area contributed by atoms with Crippen molar-refractivity contribution in [2.75, 3.05) is 27.3 Å². The summed E-state index contributed by atoms with van der Waals surface area (Å²) in [5.74, 6) is 0.756. The van der Waals surface area contributed by atoms with Crippen LogP contribution in [0.4, 0.5) is 0 Å². The molecule has 0 spiro atoms. The molecule has 2 heterocycles. The van der Waals surface area contributed by atoms with Crippen LogP contribution in [0.15, 0.2) is 35.1 Å². The van der Waals surface area contributed by atoms with E-state index in [1.165, 1.54) is 13.2 Å². The van der Waals surface area contributed by atoms with Gasteiger partial charge in [0, 0.05) is 49.9 Å². The van der Waals surface area contributed by atoms with Crippen LogP contribution in [0.5, 0.6) is 11.5 Å². The third-order valence-corrected chi connectivity index (χ3v) is 4.51. The number of nitrogens with one attached hydrogen (secondary N) is 2. The number of pyridine rings is 1. The van der Waals surface area contributed by atoms with Gasteiger partial charge in [0.25, 0.3) is 11.5 Å². The Morgan fingerprint density at radius 2 is 1.96 bits per heavy atom. The highest BCUT2D eigenvalue weighted by Crippen LogP contribution is 2.22. The minimum absolute atomic E-state index is 0.151. The van der Waals surface area contributed by atoms with E-state index >= 15 is 0 Å². The van der Waals surface area contributed by atoms with Crippen LogP contribution in [0.2, 0.25) is 0 Å². The first-order chi connectivity index (χ1) is 12.7. The second kappa shape index (κ2) is 8.05. The van der Waals surface area contributed by atoms with Gasteiger partial charge in [-0.05, 0) is 6.07 Å². The Labute approximate surface area is 151 Å². The third-order valence-electron chi connectivity index (χ3n) is 4.51. The molecule has 1 aliphatic rings. The zero-order valence-corrected chi connectivity index (χ0v) is 15.0. The number of hydrogen-bond acceptors (Lipinski definition) is 5. The molecule has 2 N–H and O–H groups in total. The highest BCUT2D eigenvalue weighted by Gasteiger charge is 2.23. The number of hydrogen-bond donors (Lipinski definition) is 2. The summed E-state index contributed by atoms with van der Waals surface area (Å²) in [5.41, 5.74) is 1.85. The quantitative estimate of drug-likeness (QED) is 0.832. The monoisotopic (exact) mass is 357 g/mol. The molecule has 1 aromatic heterocycles. The Kier molecular flexibility index (Phi) is 5.58. The maximum atomic E-state index is 12.9. The maximum Gasteiger partial charge on any atom is 0.257 e. The number of carbonyl (C=O) groups excluding carboxylic acids is 1. The van der Waals surface area contributed by atoms with Gasteiger partial charge in [0.15, 0.2) is 0 Å². The smallest absolute Gasteiger partial charge is 0.257 e. The fourth-order valence-electron chi connectivity index (χ4n) is 3.22. The maximum absolute atomic E-state index is 12.9. The van der Waals surface area contributed by atoms with E-state index < -0.39 is 0 Å². The summed E-state index contributed by atoms with van der Waals surface area (Å²) in [6.45, 7) is 2.26. The van der Waals surface area contributed by atoms with E-state index in [1.807, 2.05) is 24.3 Å². The van der Waals surface area contributed by atoms with E-state index in [4.69, 9.17) is 9.47 Å². The molecule has 0 saturated carbocycles. The summed E-state index contributed by atoms with van der Waals surface area (Å²) < 4.78 is 12.3. The van der Waals surface area contributed by atoms with E-state index in [9.17, 15) is 9.59 Å². The first kappa shape index (κ1) is 18.0. The lowest BCUT2D eigenvalue weighted by Crippen LogP contribution is -2.31. The minimum Gasteiger partial charge on any atom is -0.496 e. The van der Waals surface area contributed by atoms with Crippen LogP contribution < -0.4 is 25.7 Å². The molecule has 0 radical (unpaired) electrons. The molecule has 1 amide bonds. The molecule has 0 unspecified atom stereocenters. The van der Waals surface area contributed by atoms with E-state index in [0.29, 0.717) is 55.4 Å². The fourth-order valence-corrected chi connectivity index (χ4v) is 3.22. The molecule has 7 nitrogen and oxygen atoms in total. The highest BCUT2D eigenvalue weighted by atomic mass is 16.5. The van der Waals surface area contributed by atoms with Gasteiger partial charge < -0.3 is 24.7 Å². The molecule has 1 aromatic carbocycles. The number of ether oxygens (including phenoxy) is 2. The molecular formula is C19H23N3O4. The number of benzene rings is 1. The SMILES string of the molecule is COc1ccccc1CNC(=O)c1c(OC)cc(=O)n2c1CCNCC2. The van der Waals surface area contributed by atoms with Gasteiger partial charge >= 0.3 is 0 Å². The summed E-state index contributed by atoms with van der Waals surface area (Å²) in [6.07, 6.45) is 0.587. The van der Waals surface area contributed by atoms with Crippen molar-refractivity contribution in [3.8, 4) is 11.5 Å². The van der Waals surface area contributed by atoms with Gasteiger partial charge in [-0.1, -0.05) is 18.2 Å². The number of fused-ring (bicyclic) bond motifs is 1. The topological polar surface area (TPSA) is 81.6 Å². The van der Waals surface area contributed by atoms with Gasteiger partial charge in [0.2, 0.25) is 0 Å². The first-order valence-electron chi connectivity index (χ1n) is 8.57. The highest BCUT2D eigenvalue weighted by molar-refractivity contribution is 5.98. The number of carbonyl (C=O) groups is 1. The molecule has 0 saturated heterocycles. The van der Waals surface area contributed by atoms with Crippen molar-refractivity contribution >= 4 is 5.91 Å². The molecule has 26 heavy (non-hydrogen) atoms. The second-order valence-electron chi connectivity index (χ2n) is 6.02. The Morgan fingerprint density at radius 3 is 2.73 bits per heavy atom. The van der Waals surface area contributed by atoms with Crippen molar-refractivity contribution in [3.05, 3.63) is 57.5 Å². The van der Waals surface area contributed by atoms with Crippen LogP contribution in [0.1, 0.15) is 21.6 Å². The van der Waals surface area contributed by atoms with Gasteiger partial charge in [-0.15, -0.1) is 0 Å². The molecular weight excluding hydrogens is 334 g/mol. The Hall–Kier alpha value is -2.80. The van der Waals surface area contributed by atoms with Crippen molar-refractivity contribution in [2.24, 2.45) is 0 Å². The largest absolute Gasteiger partial charge is 0.496 e. The number of amides is 1. The molecule has 1 aliphatic heterocycles. The standard InChI is InChI=1S/C19H23N3O4/c1-25-15-6-4-3-5-13(15)12-21-19(24)18-14-7-8-20-9-10-22(14)17(23)11-16(18)26-2/h3-6,11,20H,7-10,12H2,1-2H3,(H,21,24). The molecule has 0 bridgehead atoms. The lowest BCUT2D eigenvalue weighted by Gasteiger charge is -2.17. The van der Waals surface area contributed by atoms with Crippen LogP contribution >= 0.6 is 0 Å². The zero-order chi connectivity index (χ0) is 18.5. The van der Waals surface area contributed by atoms with E-state index in [2.05, 4.69) is 10.6 Å². The molecule has 7 heteroatoms. The predicted molar refractivity (Wildman–Crippen MR) is 98.0 cm³/mol. The van der Waals surface area contributed by atoms with Gasteiger partial charge in [-0.3, -0.25) is 9.59 Å². The summed E-state index contributed by atoms with van der Waals surface area (Å²) >= 11 is 0. The fraction of sp³-hybridized carbons (Fsp3) is 0.368. The van der Waals surface area contributed by atoms with Crippen molar-refractivity contribution in [2.45, 2.75) is 19.5 Å². The van der Waals surface area contributed by atoms with Gasteiger partial charge in [-0.25, -0.2) is 0 Å². The van der Waals surface area contributed by atoms with Crippen LogP contribution in [0.3, 0.4) is 0 Å². The third kappa shape index (κ3) is 3.57. The van der Waals surface area contributed by atoms with E-state index in [0.717, 1.165) is 5.56 Å². The second-order valence-corrected chi connectivity index (χ2v) is 6.02. The van der Waals surface area contributed by atoms with Crippen molar-refractivity contribution < 1.29 is 14.3 Å². The summed E-state index contributed by atoms with van der Waals surface area (Å²) in [5, 5.41) is 6.17. The van der Waals surface area contributed by atoms with E-state index in [1.54, 1.807) is 11.7 Å². The van der Waals surface area contributed by atoms with Gasteiger partial charge in [0.05, 0.1) is 14.2 Å². The summed E-state index contributed by atoms with van der Waals surface area (Å²) in [7, 11) is 3.07. The number of nitrogens with zero attached hydrogens (tertiary/aromatic N) is 1. The molecule has 138 valence electrons. The average Bonchev–Trinajstić information content (AvgIpc) is 2.92. The number of methoxy groups -OCH3 is 2. The molecule has 2 aromatic rings. The average molecular weight is 357 g/mol. The molecule has 0 aliphatic carbocycles. The molecule has 0 fully saturated rings. The van der Waals surface area contributed by atoms with Crippen molar-refractivity contribution in [1.82, 2.24) is 15.2 Å². The first-order valence-corrected chi connectivity index (χ1v) is 8.57. The number of para-hydroxylation sites is 1. The molecule has 0 atom stereocenters. The van der Waals surface area contributed by atoms with Crippen LogP contribution in [0.25, 0.3) is 0 Å². The zero-order valence-electron chi connectivity index (χ0n) is 15.0. The number of aromatic nitrogens is 1. The van der Waals surface area contributed by atoms with Crippen LogP contribution in [-0.2, 0) is 19.5 Å². The summed E-state index contributed by atoms with van der Waals surface area (Å²) in [6, 6.07) is 8.90. The Balaban J connectivity index is 1.92. The minimum atomic E-state index is -0.265. The van der Waals surface area contributed by atoms with Crippen molar-refractivity contribution in [1.29, 1.82) is 0 Å². The Morgan fingerprint density at radius 1 is 1.19 bits per heavy atom. The van der Waals surface area contributed by atoms with E-state index in [-0.39, 0.29) is 11.5 Å². The number of rotatable bonds is 5. The normalized spacial score (nSPS) is 13.5. The Bertz CT molecular complexity index is 860.